The molecule has 16 heavy (non-hydrogen) atoms. The van der Waals surface area contributed by atoms with Crippen molar-refractivity contribution in [1.29, 1.82) is 0 Å². The zero-order valence-electron chi connectivity index (χ0n) is 10.5. The van der Waals surface area contributed by atoms with Gasteiger partial charge in [0.15, 0.2) is 0 Å². The first-order chi connectivity index (χ1) is 7.65. The number of hydrogen-bond donors (Lipinski definition) is 1. The van der Waals surface area contributed by atoms with E-state index >= 15 is 0 Å². The Morgan fingerprint density at radius 2 is 2.25 bits per heavy atom. The molecule has 0 atom stereocenters. The van der Waals surface area contributed by atoms with Gasteiger partial charge in [-0.15, -0.1) is 0 Å². The molecule has 1 aliphatic carbocycles. The average molecular weight is 222 g/mol. The van der Waals surface area contributed by atoms with Gasteiger partial charge in [0.05, 0.1) is 5.69 Å². The molecule has 90 valence electrons. The number of hydrogen-bond acceptors (Lipinski definition) is 3. The predicted molar refractivity (Wildman–Crippen MR) is 66.8 cm³/mol. The molecule has 1 aromatic heterocycles. The van der Waals surface area contributed by atoms with Gasteiger partial charge in [-0.05, 0) is 46.8 Å². The summed E-state index contributed by atoms with van der Waals surface area (Å²) in [5.41, 5.74) is 1.10. The van der Waals surface area contributed by atoms with Crippen molar-refractivity contribution in [3.63, 3.8) is 0 Å². The number of anilines is 1. The highest BCUT2D eigenvalue weighted by Crippen LogP contribution is 2.24. The van der Waals surface area contributed by atoms with Crippen molar-refractivity contribution in [2.75, 3.05) is 26.0 Å². The highest BCUT2D eigenvalue weighted by atomic mass is 15.2. The standard InChI is InChI=1S/C12H22N4/c1-10-9-16(8-4-7-15(2)3)12(13-10)14-11-5-6-11/h9,11H,4-8H2,1-3H3,(H,13,14). The maximum Gasteiger partial charge on any atom is 0.203 e. The molecule has 0 saturated heterocycles. The van der Waals surface area contributed by atoms with Crippen LogP contribution in [-0.4, -0.2) is 41.1 Å². The Morgan fingerprint density at radius 3 is 2.88 bits per heavy atom. The van der Waals surface area contributed by atoms with Crippen LogP contribution in [-0.2, 0) is 6.54 Å². The summed E-state index contributed by atoms with van der Waals surface area (Å²) in [4.78, 5) is 6.75. The van der Waals surface area contributed by atoms with E-state index in [0.29, 0.717) is 6.04 Å². The van der Waals surface area contributed by atoms with Gasteiger partial charge < -0.3 is 14.8 Å². The summed E-state index contributed by atoms with van der Waals surface area (Å²) in [7, 11) is 4.23. The topological polar surface area (TPSA) is 33.1 Å². The van der Waals surface area contributed by atoms with Crippen molar-refractivity contribution >= 4 is 5.95 Å². The van der Waals surface area contributed by atoms with Crippen LogP contribution in [0.15, 0.2) is 6.20 Å². The average Bonchev–Trinajstić information content (AvgIpc) is 2.92. The number of aryl methyl sites for hydroxylation is 2. The Morgan fingerprint density at radius 1 is 1.50 bits per heavy atom. The van der Waals surface area contributed by atoms with Crippen LogP contribution < -0.4 is 5.32 Å². The summed E-state index contributed by atoms with van der Waals surface area (Å²) in [6.07, 6.45) is 5.90. The van der Waals surface area contributed by atoms with Crippen molar-refractivity contribution in [2.45, 2.75) is 38.8 Å². The van der Waals surface area contributed by atoms with E-state index in [2.05, 4.69) is 47.0 Å². The second-order valence-electron chi connectivity index (χ2n) is 4.97. The van der Waals surface area contributed by atoms with Crippen molar-refractivity contribution < 1.29 is 0 Å². The molecule has 0 aromatic carbocycles. The molecule has 1 fully saturated rings. The Hall–Kier alpha value is -1.03. The van der Waals surface area contributed by atoms with Crippen molar-refractivity contribution in [3.05, 3.63) is 11.9 Å². The maximum atomic E-state index is 4.53. The summed E-state index contributed by atoms with van der Waals surface area (Å²) in [5, 5.41) is 3.48. The van der Waals surface area contributed by atoms with Crippen LogP contribution in [0.2, 0.25) is 0 Å². The van der Waals surface area contributed by atoms with E-state index in [0.717, 1.165) is 24.7 Å². The normalized spacial score (nSPS) is 15.8. The second-order valence-corrected chi connectivity index (χ2v) is 4.97. The number of nitrogens with one attached hydrogen (secondary N) is 1. The van der Waals surface area contributed by atoms with Crippen molar-refractivity contribution in [3.8, 4) is 0 Å². The molecule has 1 saturated carbocycles. The van der Waals surface area contributed by atoms with Gasteiger partial charge in [-0.3, -0.25) is 0 Å². The van der Waals surface area contributed by atoms with E-state index in [1.54, 1.807) is 0 Å². The first-order valence-electron chi connectivity index (χ1n) is 6.10. The third kappa shape index (κ3) is 3.23. The molecule has 2 rings (SSSR count). The lowest BCUT2D eigenvalue weighted by molar-refractivity contribution is 0.387. The summed E-state index contributed by atoms with van der Waals surface area (Å²) >= 11 is 0. The fourth-order valence-corrected chi connectivity index (χ4v) is 1.80. The van der Waals surface area contributed by atoms with Crippen LogP contribution in [0.5, 0.6) is 0 Å². The lowest BCUT2D eigenvalue weighted by Crippen LogP contribution is -2.16. The Bertz CT molecular complexity index is 339. The van der Waals surface area contributed by atoms with Crippen LogP contribution in [0.1, 0.15) is 25.0 Å². The summed E-state index contributed by atoms with van der Waals surface area (Å²) < 4.78 is 2.25. The summed E-state index contributed by atoms with van der Waals surface area (Å²) in [5.74, 6) is 1.05. The van der Waals surface area contributed by atoms with Crippen LogP contribution in [0.3, 0.4) is 0 Å². The zero-order valence-corrected chi connectivity index (χ0v) is 10.5. The minimum atomic E-state index is 0.675. The molecule has 1 N–H and O–H groups in total. The first kappa shape index (κ1) is 11.5. The molecular weight excluding hydrogens is 200 g/mol. The summed E-state index contributed by atoms with van der Waals surface area (Å²) in [6.45, 7) is 4.23. The number of nitrogens with zero attached hydrogens (tertiary/aromatic N) is 3. The Kier molecular flexibility index (Phi) is 3.49. The van der Waals surface area contributed by atoms with Crippen LogP contribution in [0, 0.1) is 6.92 Å². The second kappa shape index (κ2) is 4.87. The van der Waals surface area contributed by atoms with E-state index in [1.165, 1.54) is 19.3 Å². The third-order valence-electron chi connectivity index (χ3n) is 2.81. The Balaban J connectivity index is 1.90. The summed E-state index contributed by atoms with van der Waals surface area (Å²) in [6, 6.07) is 0.675. The van der Waals surface area contributed by atoms with Crippen molar-refractivity contribution in [2.24, 2.45) is 0 Å². The van der Waals surface area contributed by atoms with E-state index in [9.17, 15) is 0 Å². The largest absolute Gasteiger partial charge is 0.353 e. The van der Waals surface area contributed by atoms with E-state index in [-0.39, 0.29) is 0 Å². The molecule has 0 bridgehead atoms. The first-order valence-corrected chi connectivity index (χ1v) is 6.10. The third-order valence-corrected chi connectivity index (χ3v) is 2.81. The quantitative estimate of drug-likeness (QED) is 0.795. The van der Waals surface area contributed by atoms with Gasteiger partial charge in [0.1, 0.15) is 0 Å². The molecule has 0 amide bonds. The molecule has 0 spiro atoms. The minimum Gasteiger partial charge on any atom is -0.353 e. The molecule has 1 aliphatic rings. The minimum absolute atomic E-state index is 0.675. The predicted octanol–water partition coefficient (Wildman–Crippen LogP) is 1.72. The number of aromatic nitrogens is 2. The van der Waals surface area contributed by atoms with Crippen molar-refractivity contribution in [1.82, 2.24) is 14.5 Å². The Labute approximate surface area is 97.7 Å². The van der Waals surface area contributed by atoms with Crippen LogP contribution in [0.4, 0.5) is 5.95 Å². The van der Waals surface area contributed by atoms with Gasteiger partial charge in [0.25, 0.3) is 0 Å². The van der Waals surface area contributed by atoms with E-state index in [1.807, 2.05) is 0 Å². The lowest BCUT2D eigenvalue weighted by Gasteiger charge is -2.11. The SMILES string of the molecule is Cc1cn(CCCN(C)C)c(NC2CC2)n1. The zero-order chi connectivity index (χ0) is 11.5. The van der Waals surface area contributed by atoms with E-state index < -0.39 is 0 Å². The van der Waals surface area contributed by atoms with Crippen LogP contribution >= 0.6 is 0 Å². The van der Waals surface area contributed by atoms with Gasteiger partial charge in [-0.2, -0.15) is 0 Å². The van der Waals surface area contributed by atoms with Gasteiger partial charge in [-0.25, -0.2) is 4.98 Å². The smallest absolute Gasteiger partial charge is 0.203 e. The fraction of sp³-hybridized carbons (Fsp3) is 0.750. The number of imidazole rings is 1. The maximum absolute atomic E-state index is 4.53. The molecule has 0 unspecified atom stereocenters. The van der Waals surface area contributed by atoms with Crippen LogP contribution in [0.25, 0.3) is 0 Å². The van der Waals surface area contributed by atoms with E-state index in [4.69, 9.17) is 0 Å². The molecule has 0 radical (unpaired) electrons. The molecule has 4 heteroatoms. The highest BCUT2D eigenvalue weighted by molar-refractivity contribution is 5.32. The molecule has 1 aromatic rings. The molecule has 1 heterocycles. The monoisotopic (exact) mass is 222 g/mol. The fourth-order valence-electron chi connectivity index (χ4n) is 1.80. The highest BCUT2D eigenvalue weighted by Gasteiger charge is 2.22. The number of rotatable bonds is 6. The molecule has 4 nitrogen and oxygen atoms in total. The molecular formula is C12H22N4. The van der Waals surface area contributed by atoms with Gasteiger partial charge in [0.2, 0.25) is 5.95 Å². The lowest BCUT2D eigenvalue weighted by atomic mass is 10.4. The van der Waals surface area contributed by atoms with Gasteiger partial charge in [0, 0.05) is 18.8 Å². The van der Waals surface area contributed by atoms with Gasteiger partial charge >= 0.3 is 0 Å². The van der Waals surface area contributed by atoms with Gasteiger partial charge in [-0.1, -0.05) is 0 Å². The molecule has 0 aliphatic heterocycles.